The quantitative estimate of drug-likeness (QED) is 0.850. The van der Waals surface area contributed by atoms with E-state index in [1.807, 2.05) is 0 Å². The minimum atomic E-state index is -3.99. The normalized spacial score (nSPS) is 11.8. The fourth-order valence-corrected chi connectivity index (χ4v) is 3.00. The van der Waals surface area contributed by atoms with Crippen molar-refractivity contribution in [3.05, 3.63) is 59.9 Å². The maximum atomic E-state index is 13.6. The van der Waals surface area contributed by atoms with Crippen molar-refractivity contribution in [2.24, 2.45) is 0 Å². The third-order valence-corrected chi connectivity index (χ3v) is 4.88. The van der Waals surface area contributed by atoms with E-state index in [0.29, 0.717) is 12.5 Å². The minimum absolute atomic E-state index is 0.149. The molecule has 21 heavy (non-hydrogen) atoms. The summed E-state index contributed by atoms with van der Waals surface area (Å²) in [6.45, 7) is 0.149. The van der Waals surface area contributed by atoms with E-state index < -0.39 is 26.6 Å². The molecule has 0 fully saturated rings. The summed E-state index contributed by atoms with van der Waals surface area (Å²) in [7, 11) is -2.64. The number of aromatic nitrogens is 1. The van der Waals surface area contributed by atoms with Crippen molar-refractivity contribution < 1.29 is 17.2 Å². The first-order valence-electron chi connectivity index (χ1n) is 6.22. The van der Waals surface area contributed by atoms with Crippen LogP contribution in [0, 0.1) is 11.6 Å². The second-order valence-corrected chi connectivity index (χ2v) is 6.49. The van der Waals surface area contributed by atoms with Crippen LogP contribution in [0.1, 0.15) is 5.69 Å². The number of sulfonamides is 1. The molecular weight excluding hydrogens is 298 g/mol. The van der Waals surface area contributed by atoms with Crippen molar-refractivity contribution in [2.75, 3.05) is 13.6 Å². The first-order valence-corrected chi connectivity index (χ1v) is 7.66. The lowest BCUT2D eigenvalue weighted by atomic mass is 10.3. The van der Waals surface area contributed by atoms with Crippen molar-refractivity contribution in [1.82, 2.24) is 9.29 Å². The molecule has 0 saturated carbocycles. The average molecular weight is 312 g/mol. The molecule has 112 valence electrons. The van der Waals surface area contributed by atoms with Gasteiger partial charge in [0.15, 0.2) is 0 Å². The van der Waals surface area contributed by atoms with Crippen LogP contribution in [-0.2, 0) is 16.4 Å². The third-order valence-electron chi connectivity index (χ3n) is 2.99. The number of rotatable bonds is 5. The Hall–Kier alpha value is -1.86. The van der Waals surface area contributed by atoms with Gasteiger partial charge in [-0.1, -0.05) is 6.07 Å². The van der Waals surface area contributed by atoms with Crippen molar-refractivity contribution in [2.45, 2.75) is 11.3 Å². The van der Waals surface area contributed by atoms with Crippen LogP contribution in [0.2, 0.25) is 0 Å². The van der Waals surface area contributed by atoms with Gasteiger partial charge in [-0.25, -0.2) is 21.5 Å². The fraction of sp³-hybridized carbons (Fsp3) is 0.214. The molecule has 4 nitrogen and oxygen atoms in total. The summed E-state index contributed by atoms with van der Waals surface area (Å²) in [5, 5.41) is 0. The highest BCUT2D eigenvalue weighted by atomic mass is 32.2. The second-order valence-electron chi connectivity index (χ2n) is 4.47. The first kappa shape index (κ1) is 15.5. The number of hydrogen-bond acceptors (Lipinski definition) is 3. The third kappa shape index (κ3) is 3.62. The van der Waals surface area contributed by atoms with Gasteiger partial charge in [-0.2, -0.15) is 0 Å². The van der Waals surface area contributed by atoms with Crippen LogP contribution in [0.3, 0.4) is 0 Å². The van der Waals surface area contributed by atoms with E-state index in [1.165, 1.54) is 7.05 Å². The molecule has 0 aliphatic heterocycles. The molecular formula is C14H14F2N2O2S. The summed E-state index contributed by atoms with van der Waals surface area (Å²) in [6.07, 6.45) is 2.02. The largest absolute Gasteiger partial charge is 0.261 e. The number of pyridine rings is 1. The highest BCUT2D eigenvalue weighted by Crippen LogP contribution is 2.19. The van der Waals surface area contributed by atoms with Gasteiger partial charge < -0.3 is 0 Å². The summed E-state index contributed by atoms with van der Waals surface area (Å²) < 4.78 is 51.9. The lowest BCUT2D eigenvalue weighted by molar-refractivity contribution is 0.463. The molecule has 0 radical (unpaired) electrons. The van der Waals surface area contributed by atoms with Gasteiger partial charge in [-0.15, -0.1) is 0 Å². The molecule has 2 aromatic rings. The Kier molecular flexibility index (Phi) is 4.64. The predicted molar refractivity (Wildman–Crippen MR) is 74.1 cm³/mol. The Balaban J connectivity index is 2.15. The van der Waals surface area contributed by atoms with E-state index in [1.54, 1.807) is 24.4 Å². The Morgan fingerprint density at radius 1 is 1.19 bits per heavy atom. The smallest absolute Gasteiger partial charge is 0.245 e. The summed E-state index contributed by atoms with van der Waals surface area (Å²) >= 11 is 0. The van der Waals surface area contributed by atoms with E-state index in [0.717, 1.165) is 22.1 Å². The van der Waals surface area contributed by atoms with Crippen molar-refractivity contribution in [1.29, 1.82) is 0 Å². The first-order chi connectivity index (χ1) is 9.91. The number of nitrogens with zero attached hydrogens (tertiary/aromatic N) is 2. The molecule has 0 N–H and O–H groups in total. The zero-order valence-corrected chi connectivity index (χ0v) is 12.1. The number of likely N-dealkylation sites (N-methyl/N-ethyl adjacent to an activating group) is 1. The topological polar surface area (TPSA) is 50.3 Å². The Morgan fingerprint density at radius 2 is 1.95 bits per heavy atom. The monoisotopic (exact) mass is 312 g/mol. The maximum Gasteiger partial charge on any atom is 0.245 e. The maximum absolute atomic E-state index is 13.6. The van der Waals surface area contributed by atoms with Crippen molar-refractivity contribution in [3.63, 3.8) is 0 Å². The van der Waals surface area contributed by atoms with Crippen LogP contribution in [0.5, 0.6) is 0 Å². The molecule has 1 heterocycles. The molecule has 1 aromatic carbocycles. The zero-order chi connectivity index (χ0) is 15.5. The number of halogens is 2. The summed E-state index contributed by atoms with van der Waals surface area (Å²) in [6, 6.07) is 7.74. The molecule has 0 atom stereocenters. The predicted octanol–water partition coefficient (Wildman–Crippen LogP) is 2.22. The van der Waals surface area contributed by atoms with Gasteiger partial charge in [-0.3, -0.25) is 4.98 Å². The minimum Gasteiger partial charge on any atom is -0.261 e. The van der Waals surface area contributed by atoms with Gasteiger partial charge in [0, 0.05) is 38.0 Å². The van der Waals surface area contributed by atoms with Crippen LogP contribution >= 0.6 is 0 Å². The van der Waals surface area contributed by atoms with Crippen molar-refractivity contribution in [3.8, 4) is 0 Å². The van der Waals surface area contributed by atoms with E-state index in [9.17, 15) is 17.2 Å². The lowest BCUT2D eigenvalue weighted by Gasteiger charge is -2.17. The zero-order valence-electron chi connectivity index (χ0n) is 11.3. The lowest BCUT2D eigenvalue weighted by Crippen LogP contribution is -2.29. The van der Waals surface area contributed by atoms with Gasteiger partial charge in [0.1, 0.15) is 16.5 Å². The molecule has 1 aromatic heterocycles. The Labute approximate surface area is 122 Å². The molecule has 0 amide bonds. The molecule has 0 bridgehead atoms. The van der Waals surface area contributed by atoms with E-state index in [4.69, 9.17) is 0 Å². The second kappa shape index (κ2) is 6.28. The Bertz CT molecular complexity index is 721. The molecule has 0 aliphatic carbocycles. The van der Waals surface area contributed by atoms with Crippen molar-refractivity contribution >= 4 is 10.0 Å². The van der Waals surface area contributed by atoms with Crippen LogP contribution in [0.15, 0.2) is 47.5 Å². The van der Waals surface area contributed by atoms with Gasteiger partial charge in [-0.05, 0) is 24.3 Å². The van der Waals surface area contributed by atoms with Gasteiger partial charge >= 0.3 is 0 Å². The van der Waals surface area contributed by atoms with Gasteiger partial charge in [0.25, 0.3) is 0 Å². The van der Waals surface area contributed by atoms with E-state index >= 15 is 0 Å². The fourth-order valence-electron chi connectivity index (χ4n) is 1.79. The number of hydrogen-bond donors (Lipinski definition) is 0. The highest BCUT2D eigenvalue weighted by molar-refractivity contribution is 7.89. The average Bonchev–Trinajstić information content (AvgIpc) is 2.45. The highest BCUT2D eigenvalue weighted by Gasteiger charge is 2.24. The molecule has 0 aliphatic rings. The SMILES string of the molecule is CN(CCc1ccccn1)S(=O)(=O)c1ccc(F)cc1F. The standard InChI is InChI=1S/C14H14F2N2O2S/c1-18(9-7-12-4-2-3-8-17-12)21(19,20)14-6-5-11(15)10-13(14)16/h2-6,8,10H,7,9H2,1H3. The van der Waals surface area contributed by atoms with Gasteiger partial charge in [0.05, 0.1) is 0 Å². The van der Waals surface area contributed by atoms with E-state index in [-0.39, 0.29) is 6.54 Å². The summed E-state index contributed by atoms with van der Waals surface area (Å²) in [4.78, 5) is 3.55. The summed E-state index contributed by atoms with van der Waals surface area (Å²) in [5.74, 6) is -1.91. The van der Waals surface area contributed by atoms with Crippen LogP contribution in [0.25, 0.3) is 0 Å². The molecule has 0 spiro atoms. The Morgan fingerprint density at radius 3 is 2.57 bits per heavy atom. The van der Waals surface area contributed by atoms with Crippen LogP contribution in [-0.4, -0.2) is 31.3 Å². The molecule has 0 saturated heterocycles. The molecule has 2 rings (SSSR count). The number of benzene rings is 1. The van der Waals surface area contributed by atoms with Crippen LogP contribution in [0.4, 0.5) is 8.78 Å². The molecule has 7 heteroatoms. The van der Waals surface area contributed by atoms with Crippen LogP contribution < -0.4 is 0 Å². The molecule has 0 unspecified atom stereocenters. The van der Waals surface area contributed by atoms with Gasteiger partial charge in [0.2, 0.25) is 10.0 Å². The van der Waals surface area contributed by atoms with E-state index in [2.05, 4.69) is 4.98 Å². The summed E-state index contributed by atoms with van der Waals surface area (Å²) in [5.41, 5.74) is 0.735.